The molecule has 0 radical (unpaired) electrons. The number of aryl methyl sites for hydroxylation is 1. The maximum Gasteiger partial charge on any atom is 0.316 e. The number of fused-ring (bicyclic) bond motifs is 1. The van der Waals surface area contributed by atoms with Crippen LogP contribution >= 0.6 is 0 Å². The molecule has 0 unspecified atom stereocenters. The summed E-state index contributed by atoms with van der Waals surface area (Å²) in [6, 6.07) is 11.0. The molecule has 0 aliphatic carbocycles. The summed E-state index contributed by atoms with van der Waals surface area (Å²) < 4.78 is 20.2. The number of aromatic amines is 1. The van der Waals surface area contributed by atoms with Crippen molar-refractivity contribution in [3.63, 3.8) is 0 Å². The summed E-state index contributed by atoms with van der Waals surface area (Å²) in [7, 11) is 0. The van der Waals surface area contributed by atoms with Crippen molar-refractivity contribution in [3.05, 3.63) is 80.1 Å². The number of halogens is 1. The highest BCUT2D eigenvalue weighted by Crippen LogP contribution is 2.22. The van der Waals surface area contributed by atoms with Gasteiger partial charge in [0.25, 0.3) is 5.91 Å². The Bertz CT molecular complexity index is 1230. The van der Waals surface area contributed by atoms with E-state index in [2.05, 4.69) is 15.2 Å². The molecule has 168 valence electrons. The second kappa shape index (κ2) is 9.46. The van der Waals surface area contributed by atoms with Gasteiger partial charge in [-0.25, -0.2) is 4.39 Å². The minimum absolute atomic E-state index is 0.131. The molecule has 0 saturated carbocycles. The molecule has 1 atom stereocenters. The number of nitrogens with zero attached hydrogens (tertiary/aromatic N) is 2. The second-order valence-electron chi connectivity index (χ2n) is 7.66. The van der Waals surface area contributed by atoms with Gasteiger partial charge in [-0.1, -0.05) is 12.1 Å². The Balaban J connectivity index is 1.56. The maximum absolute atomic E-state index is 13.4. The van der Waals surface area contributed by atoms with Crippen molar-refractivity contribution in [2.45, 2.75) is 19.5 Å². The summed E-state index contributed by atoms with van der Waals surface area (Å²) in [5.41, 5.74) is 0.918. The molecular formula is C23H25FN4O4. The van der Waals surface area contributed by atoms with Gasteiger partial charge in [0.1, 0.15) is 5.82 Å². The number of hydrogen-bond acceptors (Lipinski definition) is 5. The Morgan fingerprint density at radius 1 is 1.16 bits per heavy atom. The number of amides is 1. The van der Waals surface area contributed by atoms with E-state index in [1.807, 2.05) is 0 Å². The molecule has 1 amide bonds. The number of aromatic nitrogens is 2. The van der Waals surface area contributed by atoms with Gasteiger partial charge >= 0.3 is 11.1 Å². The van der Waals surface area contributed by atoms with E-state index < -0.39 is 11.1 Å². The quantitative estimate of drug-likeness (QED) is 0.569. The van der Waals surface area contributed by atoms with Crippen LogP contribution in [-0.4, -0.2) is 53.2 Å². The molecule has 1 fully saturated rings. The summed E-state index contributed by atoms with van der Waals surface area (Å²) in [4.78, 5) is 41.6. The summed E-state index contributed by atoms with van der Waals surface area (Å²) in [6.45, 7) is 5.08. The fraction of sp³-hybridized carbons (Fsp3) is 0.348. The van der Waals surface area contributed by atoms with E-state index in [4.69, 9.17) is 4.74 Å². The van der Waals surface area contributed by atoms with Gasteiger partial charge in [-0.3, -0.25) is 19.3 Å². The summed E-state index contributed by atoms with van der Waals surface area (Å²) >= 11 is 0. The molecule has 9 heteroatoms. The van der Waals surface area contributed by atoms with Crippen molar-refractivity contribution in [1.82, 2.24) is 19.8 Å². The van der Waals surface area contributed by atoms with E-state index in [-0.39, 0.29) is 17.8 Å². The zero-order valence-electron chi connectivity index (χ0n) is 17.8. The topological polar surface area (TPSA) is 96.4 Å². The summed E-state index contributed by atoms with van der Waals surface area (Å²) in [5.74, 6) is -0.614. The lowest BCUT2D eigenvalue weighted by atomic mass is 10.0. The average molecular weight is 440 g/mol. The number of H-pyrrole nitrogens is 1. The molecule has 1 aliphatic rings. The number of carbonyl (C=O) groups excluding carboxylic acids is 1. The van der Waals surface area contributed by atoms with Crippen LogP contribution in [0.1, 0.15) is 28.9 Å². The third-order valence-corrected chi connectivity index (χ3v) is 5.75. The van der Waals surface area contributed by atoms with Crippen molar-refractivity contribution in [3.8, 4) is 0 Å². The van der Waals surface area contributed by atoms with Gasteiger partial charge in [-0.15, -0.1) is 0 Å². The van der Waals surface area contributed by atoms with E-state index in [0.717, 1.165) is 5.56 Å². The molecule has 0 spiro atoms. The largest absolute Gasteiger partial charge is 0.379 e. The highest BCUT2D eigenvalue weighted by atomic mass is 19.1. The third-order valence-electron chi connectivity index (χ3n) is 5.75. The third kappa shape index (κ3) is 4.49. The first-order chi connectivity index (χ1) is 15.5. The van der Waals surface area contributed by atoms with Gasteiger partial charge in [-0.2, -0.15) is 0 Å². The van der Waals surface area contributed by atoms with Crippen LogP contribution in [0.2, 0.25) is 0 Å². The fourth-order valence-electron chi connectivity index (χ4n) is 4.06. The van der Waals surface area contributed by atoms with Crippen LogP contribution in [0.4, 0.5) is 4.39 Å². The Hall–Kier alpha value is -3.30. The van der Waals surface area contributed by atoms with Gasteiger partial charge in [-0.05, 0) is 42.8 Å². The molecule has 2 heterocycles. The van der Waals surface area contributed by atoms with Crippen LogP contribution in [-0.2, 0) is 11.3 Å². The van der Waals surface area contributed by atoms with Crippen molar-refractivity contribution in [2.75, 3.05) is 32.8 Å². The fourth-order valence-corrected chi connectivity index (χ4v) is 4.06. The van der Waals surface area contributed by atoms with Crippen LogP contribution in [0.3, 0.4) is 0 Å². The zero-order valence-corrected chi connectivity index (χ0v) is 17.8. The van der Waals surface area contributed by atoms with E-state index in [1.54, 1.807) is 37.3 Å². The van der Waals surface area contributed by atoms with E-state index in [1.165, 1.54) is 16.7 Å². The molecular weight excluding hydrogens is 415 g/mol. The van der Waals surface area contributed by atoms with Gasteiger partial charge in [0, 0.05) is 31.7 Å². The number of carbonyl (C=O) groups is 1. The smallest absolute Gasteiger partial charge is 0.316 e. The molecule has 1 aromatic heterocycles. The van der Waals surface area contributed by atoms with Gasteiger partial charge in [0.05, 0.1) is 30.3 Å². The lowest BCUT2D eigenvalue weighted by Crippen LogP contribution is -2.43. The molecule has 4 rings (SSSR count). The first-order valence-electron chi connectivity index (χ1n) is 10.6. The normalized spacial score (nSPS) is 15.6. The molecule has 1 aliphatic heterocycles. The lowest BCUT2D eigenvalue weighted by molar-refractivity contribution is 0.0162. The standard InChI is InChI=1S/C23H25FN4O4/c1-2-28-19-8-5-16(13-18(19)26-22(30)23(28)31)21(29)25-14-20(27-9-11-32-12-10-27)15-3-6-17(24)7-4-15/h3-8,13,20H,2,9-12,14H2,1H3,(H,25,29)(H,26,30)/t20-/m0/s1. The maximum atomic E-state index is 13.4. The lowest BCUT2D eigenvalue weighted by Gasteiger charge is -2.35. The van der Waals surface area contributed by atoms with Crippen LogP contribution < -0.4 is 16.4 Å². The molecule has 1 saturated heterocycles. The van der Waals surface area contributed by atoms with Crippen molar-refractivity contribution >= 4 is 16.9 Å². The Labute approximate surface area is 183 Å². The van der Waals surface area contributed by atoms with E-state index in [9.17, 15) is 18.8 Å². The predicted molar refractivity (Wildman–Crippen MR) is 118 cm³/mol. The number of rotatable bonds is 6. The van der Waals surface area contributed by atoms with Crippen LogP contribution in [0.25, 0.3) is 11.0 Å². The SMILES string of the molecule is CCn1c(=O)c(=O)[nH]c2cc(C(=O)NC[C@@H](c3ccc(F)cc3)N3CCOCC3)ccc21. The Kier molecular flexibility index (Phi) is 6.48. The highest BCUT2D eigenvalue weighted by Gasteiger charge is 2.23. The number of ether oxygens (including phenoxy) is 1. The van der Waals surface area contributed by atoms with Crippen LogP contribution in [0.15, 0.2) is 52.1 Å². The van der Waals surface area contributed by atoms with Crippen molar-refractivity contribution in [2.24, 2.45) is 0 Å². The molecule has 3 aromatic rings. The minimum Gasteiger partial charge on any atom is -0.379 e. The van der Waals surface area contributed by atoms with Crippen LogP contribution in [0.5, 0.6) is 0 Å². The first-order valence-corrected chi connectivity index (χ1v) is 10.6. The van der Waals surface area contributed by atoms with Crippen LogP contribution in [0, 0.1) is 5.82 Å². The zero-order chi connectivity index (χ0) is 22.7. The Morgan fingerprint density at radius 2 is 1.88 bits per heavy atom. The molecule has 32 heavy (non-hydrogen) atoms. The predicted octanol–water partition coefficient (Wildman–Crippen LogP) is 1.65. The average Bonchev–Trinajstić information content (AvgIpc) is 2.81. The number of hydrogen-bond donors (Lipinski definition) is 2. The summed E-state index contributed by atoms with van der Waals surface area (Å²) in [5, 5.41) is 2.95. The van der Waals surface area contributed by atoms with Gasteiger partial charge in [0.2, 0.25) is 0 Å². The minimum atomic E-state index is -0.722. The molecule has 8 nitrogen and oxygen atoms in total. The number of nitrogens with one attached hydrogen (secondary N) is 2. The highest BCUT2D eigenvalue weighted by molar-refractivity contribution is 5.97. The van der Waals surface area contributed by atoms with E-state index in [0.29, 0.717) is 56.0 Å². The number of benzene rings is 2. The van der Waals surface area contributed by atoms with Crippen molar-refractivity contribution < 1.29 is 13.9 Å². The molecule has 2 aromatic carbocycles. The van der Waals surface area contributed by atoms with Crippen molar-refractivity contribution in [1.29, 1.82) is 0 Å². The van der Waals surface area contributed by atoms with Gasteiger partial charge in [0.15, 0.2) is 0 Å². The molecule has 2 N–H and O–H groups in total. The number of morpholine rings is 1. The Morgan fingerprint density at radius 3 is 2.56 bits per heavy atom. The molecule has 0 bridgehead atoms. The second-order valence-corrected chi connectivity index (χ2v) is 7.66. The summed E-state index contributed by atoms with van der Waals surface area (Å²) in [6.07, 6.45) is 0. The monoisotopic (exact) mass is 440 g/mol. The van der Waals surface area contributed by atoms with Gasteiger partial charge < -0.3 is 19.6 Å². The first kappa shape index (κ1) is 21.9. The van der Waals surface area contributed by atoms with E-state index >= 15 is 0 Å².